The Hall–Kier alpha value is -2.90. The normalized spacial score (nSPS) is 19.0. The number of carboxylic acid groups (broad SMARTS) is 1. The fourth-order valence-corrected chi connectivity index (χ4v) is 3.31. The molecular weight excluding hydrogens is 362 g/mol. The van der Waals surface area contributed by atoms with Crippen LogP contribution in [-0.4, -0.2) is 28.8 Å². The summed E-state index contributed by atoms with van der Waals surface area (Å²) in [6, 6.07) is 6.29. The number of carbonyl (C=O) groups is 4. The van der Waals surface area contributed by atoms with E-state index in [9.17, 15) is 24.3 Å². The summed E-state index contributed by atoms with van der Waals surface area (Å²) in [7, 11) is 0. The summed E-state index contributed by atoms with van der Waals surface area (Å²) in [5, 5.41) is 12.0. The SMILES string of the molecule is CC(C)CC(=O)Nc1ccc(C(=O)NNC(=O)[C@@H]2CCCC[C@@H]2C(=O)O)cc1. The highest BCUT2D eigenvalue weighted by Gasteiger charge is 2.35. The summed E-state index contributed by atoms with van der Waals surface area (Å²) in [6.45, 7) is 3.90. The lowest BCUT2D eigenvalue weighted by Gasteiger charge is -2.27. The second-order valence-corrected chi connectivity index (χ2v) is 7.50. The van der Waals surface area contributed by atoms with Gasteiger partial charge in [-0.2, -0.15) is 0 Å². The van der Waals surface area contributed by atoms with E-state index in [0.717, 1.165) is 12.8 Å². The van der Waals surface area contributed by atoms with Gasteiger partial charge in [0, 0.05) is 17.7 Å². The predicted octanol–water partition coefficient (Wildman–Crippen LogP) is 2.32. The van der Waals surface area contributed by atoms with Crippen LogP contribution >= 0.6 is 0 Å². The van der Waals surface area contributed by atoms with E-state index in [-0.39, 0.29) is 11.8 Å². The lowest BCUT2D eigenvalue weighted by Crippen LogP contribution is -2.47. The van der Waals surface area contributed by atoms with Gasteiger partial charge in [0.05, 0.1) is 11.8 Å². The molecule has 0 bridgehead atoms. The lowest BCUT2D eigenvalue weighted by molar-refractivity contribution is -0.149. The molecule has 1 aromatic rings. The molecule has 4 N–H and O–H groups in total. The Labute approximate surface area is 164 Å². The Balaban J connectivity index is 1.88. The topological polar surface area (TPSA) is 125 Å². The van der Waals surface area contributed by atoms with Gasteiger partial charge in [-0.3, -0.25) is 30.0 Å². The molecule has 0 aliphatic heterocycles. The van der Waals surface area contributed by atoms with Crippen molar-refractivity contribution in [3.63, 3.8) is 0 Å². The van der Waals surface area contributed by atoms with E-state index < -0.39 is 29.6 Å². The maximum Gasteiger partial charge on any atom is 0.307 e. The molecule has 1 aromatic carbocycles. The van der Waals surface area contributed by atoms with Crippen LogP contribution in [0, 0.1) is 17.8 Å². The van der Waals surface area contributed by atoms with E-state index in [1.165, 1.54) is 12.1 Å². The first-order valence-corrected chi connectivity index (χ1v) is 9.51. The standard InChI is InChI=1S/C20H27N3O5/c1-12(2)11-17(24)21-14-9-7-13(8-10-14)18(25)22-23-19(26)15-5-3-4-6-16(15)20(27)28/h7-10,12,15-16H,3-6,11H2,1-2H3,(H,21,24)(H,22,25)(H,23,26)(H,27,28)/t15-,16+/m1/s1. The molecule has 8 nitrogen and oxygen atoms in total. The molecule has 0 aromatic heterocycles. The molecule has 3 amide bonds. The molecule has 2 rings (SSSR count). The minimum Gasteiger partial charge on any atom is -0.481 e. The van der Waals surface area contributed by atoms with Gasteiger partial charge >= 0.3 is 5.97 Å². The van der Waals surface area contributed by atoms with Crippen molar-refractivity contribution in [3.8, 4) is 0 Å². The number of carboxylic acids is 1. The van der Waals surface area contributed by atoms with Gasteiger partial charge in [-0.1, -0.05) is 26.7 Å². The molecule has 1 fully saturated rings. The Bertz CT molecular complexity index is 730. The zero-order chi connectivity index (χ0) is 20.7. The molecule has 28 heavy (non-hydrogen) atoms. The number of hydrogen-bond acceptors (Lipinski definition) is 4. The van der Waals surface area contributed by atoms with Crippen LogP contribution in [0.4, 0.5) is 5.69 Å². The van der Waals surface area contributed by atoms with E-state index >= 15 is 0 Å². The van der Waals surface area contributed by atoms with Crippen LogP contribution in [-0.2, 0) is 14.4 Å². The smallest absolute Gasteiger partial charge is 0.307 e. The first-order valence-electron chi connectivity index (χ1n) is 9.51. The third kappa shape index (κ3) is 6.07. The van der Waals surface area contributed by atoms with Crippen LogP contribution in [0.2, 0.25) is 0 Å². The molecule has 0 heterocycles. The minimum atomic E-state index is -0.985. The van der Waals surface area contributed by atoms with Crippen LogP contribution in [0.3, 0.4) is 0 Å². The highest BCUT2D eigenvalue weighted by Crippen LogP contribution is 2.30. The number of benzene rings is 1. The van der Waals surface area contributed by atoms with Crippen molar-refractivity contribution >= 4 is 29.4 Å². The average Bonchev–Trinajstić information content (AvgIpc) is 2.65. The van der Waals surface area contributed by atoms with E-state index in [0.29, 0.717) is 30.5 Å². The predicted molar refractivity (Wildman–Crippen MR) is 103 cm³/mol. The molecule has 0 saturated heterocycles. The van der Waals surface area contributed by atoms with Gasteiger partial charge < -0.3 is 10.4 Å². The van der Waals surface area contributed by atoms with Gasteiger partial charge in [-0.25, -0.2) is 0 Å². The summed E-state index contributed by atoms with van der Waals surface area (Å²) in [5.74, 6) is -3.21. The number of anilines is 1. The zero-order valence-electron chi connectivity index (χ0n) is 16.2. The second kappa shape index (κ2) is 9.87. The van der Waals surface area contributed by atoms with Crippen molar-refractivity contribution < 1.29 is 24.3 Å². The van der Waals surface area contributed by atoms with Gasteiger partial charge in [0.2, 0.25) is 11.8 Å². The Kier molecular flexibility index (Phi) is 7.54. The molecule has 1 aliphatic carbocycles. The molecule has 0 radical (unpaired) electrons. The molecule has 0 unspecified atom stereocenters. The van der Waals surface area contributed by atoms with Crippen LogP contribution in [0.1, 0.15) is 56.3 Å². The fourth-order valence-electron chi connectivity index (χ4n) is 3.31. The summed E-state index contributed by atoms with van der Waals surface area (Å²) in [4.78, 5) is 47.5. The number of amides is 3. The fraction of sp³-hybridized carbons (Fsp3) is 0.500. The maximum absolute atomic E-state index is 12.3. The summed E-state index contributed by atoms with van der Waals surface area (Å²) in [6.07, 6.45) is 2.94. The number of carbonyl (C=O) groups excluding carboxylic acids is 3. The van der Waals surface area contributed by atoms with Gasteiger partial charge in [-0.05, 0) is 43.0 Å². The van der Waals surface area contributed by atoms with Crippen molar-refractivity contribution in [2.24, 2.45) is 17.8 Å². The van der Waals surface area contributed by atoms with Gasteiger partial charge in [0.15, 0.2) is 0 Å². The Morgan fingerprint density at radius 1 is 1.00 bits per heavy atom. The Morgan fingerprint density at radius 2 is 1.61 bits per heavy atom. The number of aliphatic carboxylic acids is 1. The number of nitrogens with one attached hydrogen (secondary N) is 3. The number of hydrogen-bond donors (Lipinski definition) is 4. The quantitative estimate of drug-likeness (QED) is 0.556. The van der Waals surface area contributed by atoms with Crippen molar-refractivity contribution in [1.82, 2.24) is 10.9 Å². The zero-order valence-corrected chi connectivity index (χ0v) is 16.2. The minimum absolute atomic E-state index is 0.0973. The molecule has 2 atom stereocenters. The second-order valence-electron chi connectivity index (χ2n) is 7.50. The van der Waals surface area contributed by atoms with E-state index in [2.05, 4.69) is 16.2 Å². The highest BCUT2D eigenvalue weighted by molar-refractivity contribution is 5.97. The molecule has 1 aliphatic rings. The van der Waals surface area contributed by atoms with Crippen LogP contribution < -0.4 is 16.2 Å². The third-order valence-electron chi connectivity index (χ3n) is 4.74. The maximum atomic E-state index is 12.3. The van der Waals surface area contributed by atoms with Crippen molar-refractivity contribution in [2.45, 2.75) is 46.0 Å². The summed E-state index contributed by atoms with van der Waals surface area (Å²) in [5.41, 5.74) is 5.54. The Morgan fingerprint density at radius 3 is 2.18 bits per heavy atom. The molecule has 152 valence electrons. The van der Waals surface area contributed by atoms with Gasteiger partial charge in [0.25, 0.3) is 5.91 Å². The van der Waals surface area contributed by atoms with Crippen LogP contribution in [0.25, 0.3) is 0 Å². The number of hydrazine groups is 1. The molecule has 1 saturated carbocycles. The monoisotopic (exact) mass is 389 g/mol. The van der Waals surface area contributed by atoms with Crippen LogP contribution in [0.5, 0.6) is 0 Å². The largest absolute Gasteiger partial charge is 0.481 e. The van der Waals surface area contributed by atoms with Crippen molar-refractivity contribution in [1.29, 1.82) is 0 Å². The molecule has 8 heteroatoms. The van der Waals surface area contributed by atoms with E-state index in [1.54, 1.807) is 12.1 Å². The average molecular weight is 389 g/mol. The lowest BCUT2D eigenvalue weighted by atomic mass is 9.79. The van der Waals surface area contributed by atoms with Gasteiger partial charge in [0.1, 0.15) is 0 Å². The first kappa shape index (κ1) is 21.4. The summed E-state index contributed by atoms with van der Waals surface area (Å²) >= 11 is 0. The first-order chi connectivity index (χ1) is 13.3. The van der Waals surface area contributed by atoms with Crippen molar-refractivity contribution in [2.75, 3.05) is 5.32 Å². The van der Waals surface area contributed by atoms with Gasteiger partial charge in [-0.15, -0.1) is 0 Å². The van der Waals surface area contributed by atoms with E-state index in [1.807, 2.05) is 13.8 Å². The molecule has 0 spiro atoms. The summed E-state index contributed by atoms with van der Waals surface area (Å²) < 4.78 is 0. The third-order valence-corrected chi connectivity index (χ3v) is 4.74. The van der Waals surface area contributed by atoms with Crippen molar-refractivity contribution in [3.05, 3.63) is 29.8 Å². The molecular formula is C20H27N3O5. The van der Waals surface area contributed by atoms with Crippen LogP contribution in [0.15, 0.2) is 24.3 Å². The highest BCUT2D eigenvalue weighted by atomic mass is 16.4. The van der Waals surface area contributed by atoms with E-state index in [4.69, 9.17) is 0 Å². The number of rotatable bonds is 6.